The molecule has 1 N–H and O–H groups in total. The first-order chi connectivity index (χ1) is 16.6. The highest BCUT2D eigenvalue weighted by molar-refractivity contribution is 7.89. The van der Waals surface area contributed by atoms with Gasteiger partial charge >= 0.3 is 0 Å². The van der Waals surface area contributed by atoms with Crippen molar-refractivity contribution in [3.63, 3.8) is 0 Å². The maximum absolute atomic E-state index is 13.4. The molecule has 3 heterocycles. The zero-order valence-electron chi connectivity index (χ0n) is 18.5. The van der Waals surface area contributed by atoms with E-state index in [0.29, 0.717) is 43.6 Å². The van der Waals surface area contributed by atoms with E-state index in [1.165, 1.54) is 11.4 Å². The number of nitrogens with zero attached hydrogens (tertiary/aromatic N) is 4. The number of pyridine rings is 1. The lowest BCUT2D eigenvalue weighted by Gasteiger charge is -2.27. The Bertz CT molecular complexity index is 1420. The number of fused-ring (bicyclic) bond motifs is 1. The second-order valence-electron chi connectivity index (χ2n) is 7.66. The van der Waals surface area contributed by atoms with E-state index in [1.807, 2.05) is 36.4 Å². The number of ether oxygens (including phenoxy) is 2. The van der Waals surface area contributed by atoms with E-state index in [1.54, 1.807) is 30.6 Å². The van der Waals surface area contributed by atoms with Crippen LogP contribution < -0.4 is 10.1 Å². The van der Waals surface area contributed by atoms with Crippen molar-refractivity contribution in [1.29, 1.82) is 0 Å². The largest absolute Gasteiger partial charge is 0.495 e. The van der Waals surface area contributed by atoms with Gasteiger partial charge in [-0.15, -0.1) is 0 Å². The molecule has 9 nitrogen and oxygen atoms in total. The van der Waals surface area contributed by atoms with Gasteiger partial charge in [-0.1, -0.05) is 12.1 Å². The van der Waals surface area contributed by atoms with Crippen molar-refractivity contribution < 1.29 is 17.9 Å². The predicted molar refractivity (Wildman–Crippen MR) is 129 cm³/mol. The molecule has 0 bridgehead atoms. The lowest BCUT2D eigenvalue weighted by atomic mass is 10.2. The first kappa shape index (κ1) is 22.2. The molecule has 0 aliphatic carbocycles. The molecule has 0 amide bonds. The van der Waals surface area contributed by atoms with Gasteiger partial charge in [-0.25, -0.2) is 18.4 Å². The lowest BCUT2D eigenvalue weighted by molar-refractivity contribution is 0.0729. The van der Waals surface area contributed by atoms with E-state index in [9.17, 15) is 8.42 Å². The van der Waals surface area contributed by atoms with E-state index in [-0.39, 0.29) is 10.6 Å². The molecule has 0 radical (unpaired) electrons. The highest BCUT2D eigenvalue weighted by Gasteiger charge is 2.29. The zero-order chi connectivity index (χ0) is 23.5. The topological polar surface area (TPSA) is 107 Å². The molecule has 34 heavy (non-hydrogen) atoms. The van der Waals surface area contributed by atoms with Crippen LogP contribution in [-0.2, 0) is 14.8 Å². The lowest BCUT2D eigenvalue weighted by Crippen LogP contribution is -2.40. The van der Waals surface area contributed by atoms with E-state index in [0.717, 1.165) is 16.5 Å². The number of aromatic nitrogens is 3. The monoisotopic (exact) mass is 477 g/mol. The van der Waals surface area contributed by atoms with Gasteiger partial charge in [0, 0.05) is 42.1 Å². The van der Waals surface area contributed by atoms with Crippen molar-refractivity contribution in [2.24, 2.45) is 0 Å². The van der Waals surface area contributed by atoms with Crippen LogP contribution in [0.4, 0.5) is 11.5 Å². The molecule has 174 valence electrons. The van der Waals surface area contributed by atoms with Gasteiger partial charge in [0.25, 0.3) is 0 Å². The highest BCUT2D eigenvalue weighted by Crippen LogP contribution is 2.33. The Kier molecular flexibility index (Phi) is 6.10. The zero-order valence-corrected chi connectivity index (χ0v) is 19.3. The number of rotatable bonds is 6. The van der Waals surface area contributed by atoms with Crippen LogP contribution in [0.25, 0.3) is 22.3 Å². The summed E-state index contributed by atoms with van der Waals surface area (Å²) in [5.41, 5.74) is 2.10. The van der Waals surface area contributed by atoms with E-state index in [2.05, 4.69) is 15.3 Å². The van der Waals surface area contributed by atoms with Crippen LogP contribution >= 0.6 is 0 Å². The molecule has 2 aromatic heterocycles. The molecule has 2 aromatic carbocycles. The van der Waals surface area contributed by atoms with Crippen LogP contribution in [0, 0.1) is 0 Å². The number of nitrogens with one attached hydrogen (secondary N) is 1. The highest BCUT2D eigenvalue weighted by atomic mass is 32.2. The van der Waals surface area contributed by atoms with E-state index < -0.39 is 10.0 Å². The normalized spacial score (nSPS) is 14.7. The number of methoxy groups -OCH3 is 1. The first-order valence-corrected chi connectivity index (χ1v) is 12.2. The Morgan fingerprint density at radius 3 is 2.62 bits per heavy atom. The van der Waals surface area contributed by atoms with Gasteiger partial charge in [-0.05, 0) is 42.5 Å². The molecule has 1 aliphatic rings. The number of morpholine rings is 1. The van der Waals surface area contributed by atoms with Crippen LogP contribution in [0.2, 0.25) is 0 Å². The van der Waals surface area contributed by atoms with Gasteiger partial charge in [0.1, 0.15) is 16.5 Å². The summed E-state index contributed by atoms with van der Waals surface area (Å²) in [4.78, 5) is 13.6. The molecule has 1 aliphatic heterocycles. The maximum atomic E-state index is 13.4. The Hall–Kier alpha value is -3.60. The molecule has 5 rings (SSSR count). The van der Waals surface area contributed by atoms with Gasteiger partial charge < -0.3 is 14.8 Å². The third-order valence-electron chi connectivity index (χ3n) is 5.54. The van der Waals surface area contributed by atoms with Gasteiger partial charge in [0.2, 0.25) is 10.0 Å². The summed E-state index contributed by atoms with van der Waals surface area (Å²) in [6.07, 6.45) is 3.39. The molecule has 0 spiro atoms. The Balaban J connectivity index is 1.57. The predicted octanol–water partition coefficient (Wildman–Crippen LogP) is 3.46. The molecule has 10 heteroatoms. The number of hydrogen-bond donors (Lipinski definition) is 1. The molecule has 1 saturated heterocycles. The average Bonchev–Trinajstić information content (AvgIpc) is 2.89. The van der Waals surface area contributed by atoms with Crippen LogP contribution in [0.15, 0.2) is 71.9 Å². The van der Waals surface area contributed by atoms with Crippen molar-refractivity contribution in [2.45, 2.75) is 4.90 Å². The summed E-state index contributed by atoms with van der Waals surface area (Å²) < 4.78 is 38.8. The summed E-state index contributed by atoms with van der Waals surface area (Å²) in [6, 6.07) is 16.3. The molecular formula is C24H23N5O4S. The minimum atomic E-state index is -3.77. The molecule has 0 saturated carbocycles. The molecular weight excluding hydrogens is 454 g/mol. The van der Waals surface area contributed by atoms with Crippen molar-refractivity contribution in [3.8, 4) is 17.1 Å². The summed E-state index contributed by atoms with van der Waals surface area (Å²) in [5.74, 6) is 1.36. The summed E-state index contributed by atoms with van der Waals surface area (Å²) in [5, 5.41) is 4.10. The molecule has 0 unspecified atom stereocenters. The smallest absolute Gasteiger partial charge is 0.246 e. The van der Waals surface area contributed by atoms with Crippen LogP contribution in [0.3, 0.4) is 0 Å². The number of para-hydroxylation sites is 1. The van der Waals surface area contributed by atoms with Crippen LogP contribution in [-0.4, -0.2) is 61.1 Å². The van der Waals surface area contributed by atoms with Crippen LogP contribution in [0.1, 0.15) is 0 Å². The first-order valence-electron chi connectivity index (χ1n) is 10.8. The fourth-order valence-corrected chi connectivity index (χ4v) is 5.40. The van der Waals surface area contributed by atoms with Gasteiger partial charge in [-0.2, -0.15) is 4.31 Å². The second kappa shape index (κ2) is 9.34. The second-order valence-corrected chi connectivity index (χ2v) is 9.57. The Morgan fingerprint density at radius 2 is 1.85 bits per heavy atom. The fraction of sp³-hybridized carbons (Fsp3) is 0.208. The maximum Gasteiger partial charge on any atom is 0.246 e. The van der Waals surface area contributed by atoms with E-state index >= 15 is 0 Å². The van der Waals surface area contributed by atoms with Crippen molar-refractivity contribution >= 4 is 32.4 Å². The van der Waals surface area contributed by atoms with Crippen LogP contribution in [0.5, 0.6) is 5.75 Å². The van der Waals surface area contributed by atoms with Crippen molar-refractivity contribution in [1.82, 2.24) is 19.3 Å². The van der Waals surface area contributed by atoms with E-state index in [4.69, 9.17) is 14.5 Å². The minimum absolute atomic E-state index is 0.0905. The number of benzene rings is 2. The molecule has 4 aromatic rings. The summed E-state index contributed by atoms with van der Waals surface area (Å²) >= 11 is 0. The quantitative estimate of drug-likeness (QED) is 0.450. The minimum Gasteiger partial charge on any atom is -0.495 e. The summed E-state index contributed by atoms with van der Waals surface area (Å²) in [7, 11) is -2.31. The third-order valence-corrected chi connectivity index (χ3v) is 7.46. The number of sulfonamides is 1. The Morgan fingerprint density at radius 1 is 1.03 bits per heavy atom. The molecule has 1 fully saturated rings. The SMILES string of the molecule is COc1ccc(Nc2nc(-c3cccnc3)nc3ccccc23)cc1S(=O)(=O)N1CCOCC1. The standard InChI is InChI=1S/C24H23N5O4S/c1-32-21-9-8-18(15-22(21)34(30,31)29-11-13-33-14-12-29)26-24-19-6-2-3-7-20(19)27-23(28-24)17-5-4-10-25-16-17/h2-10,15-16H,11-14H2,1H3,(H,26,27,28). The number of hydrogen-bond acceptors (Lipinski definition) is 8. The van der Waals surface area contributed by atoms with Gasteiger partial charge in [0.05, 0.1) is 25.8 Å². The Labute approximate surface area is 197 Å². The van der Waals surface area contributed by atoms with Gasteiger partial charge in [-0.3, -0.25) is 4.98 Å². The molecule has 0 atom stereocenters. The van der Waals surface area contributed by atoms with Crippen molar-refractivity contribution in [3.05, 3.63) is 67.0 Å². The average molecular weight is 478 g/mol. The third kappa shape index (κ3) is 4.30. The summed E-state index contributed by atoms with van der Waals surface area (Å²) in [6.45, 7) is 1.33. The van der Waals surface area contributed by atoms with Gasteiger partial charge in [0.15, 0.2) is 5.82 Å². The van der Waals surface area contributed by atoms with Crippen molar-refractivity contribution in [2.75, 3.05) is 38.7 Å². The number of anilines is 2. The fourth-order valence-electron chi connectivity index (χ4n) is 3.81.